The molecule has 6 heteroatoms. The van der Waals surface area contributed by atoms with Crippen molar-refractivity contribution in [2.75, 3.05) is 0 Å². The maximum absolute atomic E-state index is 13.5. The Morgan fingerprint density at radius 2 is 1.83 bits per heavy atom. The molecule has 1 atom stereocenters. The van der Waals surface area contributed by atoms with Gasteiger partial charge in [-0.2, -0.15) is 0 Å². The van der Waals surface area contributed by atoms with Crippen LogP contribution in [0.25, 0.3) is 11.0 Å². The summed E-state index contributed by atoms with van der Waals surface area (Å²) in [4.78, 5) is 39.8. The van der Waals surface area contributed by atoms with Crippen molar-refractivity contribution in [1.82, 2.24) is 10.2 Å². The molecule has 2 aliphatic rings. The van der Waals surface area contributed by atoms with Crippen LogP contribution in [0.5, 0.6) is 0 Å². The monoisotopic (exact) mass is 402 g/mol. The molecular formula is C24H22N2O4. The number of fused-ring (bicyclic) bond motifs is 3. The van der Waals surface area contributed by atoms with Crippen LogP contribution in [0.4, 0.5) is 4.79 Å². The molecule has 0 saturated carbocycles. The van der Waals surface area contributed by atoms with E-state index in [2.05, 4.69) is 5.32 Å². The fourth-order valence-corrected chi connectivity index (χ4v) is 4.74. The van der Waals surface area contributed by atoms with E-state index in [4.69, 9.17) is 4.42 Å². The maximum atomic E-state index is 13.5. The molecule has 0 radical (unpaired) electrons. The average Bonchev–Trinajstić information content (AvgIpc) is 2.94. The van der Waals surface area contributed by atoms with Crippen LogP contribution in [0, 0.1) is 13.8 Å². The SMILES string of the molecule is Cc1cc2oc(=O)cc(CN3C(=O)N[C@]4(CCCc5ccccc54)C3=O)c2cc1C. The zero-order valence-electron chi connectivity index (χ0n) is 17.0. The highest BCUT2D eigenvalue weighted by molar-refractivity contribution is 6.08. The van der Waals surface area contributed by atoms with Crippen molar-refractivity contribution in [2.45, 2.75) is 45.2 Å². The summed E-state index contributed by atoms with van der Waals surface area (Å²) in [7, 11) is 0. The van der Waals surface area contributed by atoms with E-state index in [9.17, 15) is 14.4 Å². The van der Waals surface area contributed by atoms with Crippen molar-refractivity contribution in [3.63, 3.8) is 0 Å². The Hall–Kier alpha value is -3.41. The lowest BCUT2D eigenvalue weighted by molar-refractivity contribution is -0.132. The predicted molar refractivity (Wildman–Crippen MR) is 112 cm³/mol. The van der Waals surface area contributed by atoms with Crippen molar-refractivity contribution >= 4 is 22.9 Å². The Labute approximate surface area is 173 Å². The number of rotatable bonds is 2. The summed E-state index contributed by atoms with van der Waals surface area (Å²) in [5, 5.41) is 3.70. The predicted octanol–water partition coefficient (Wildman–Crippen LogP) is 3.69. The number of hydrogen-bond acceptors (Lipinski definition) is 4. The van der Waals surface area contributed by atoms with E-state index < -0.39 is 17.2 Å². The van der Waals surface area contributed by atoms with E-state index in [-0.39, 0.29) is 12.5 Å². The highest BCUT2D eigenvalue weighted by Crippen LogP contribution is 2.40. The number of carbonyl (C=O) groups excluding carboxylic acids is 2. The Morgan fingerprint density at radius 3 is 2.67 bits per heavy atom. The van der Waals surface area contributed by atoms with Gasteiger partial charge in [0.1, 0.15) is 11.1 Å². The van der Waals surface area contributed by atoms with Gasteiger partial charge in [-0.05, 0) is 73.1 Å². The molecule has 6 nitrogen and oxygen atoms in total. The number of benzene rings is 2. The van der Waals surface area contributed by atoms with Gasteiger partial charge in [-0.15, -0.1) is 0 Å². The molecule has 3 aromatic rings. The topological polar surface area (TPSA) is 79.6 Å². The average molecular weight is 402 g/mol. The number of imide groups is 1. The van der Waals surface area contributed by atoms with E-state index in [1.54, 1.807) is 0 Å². The van der Waals surface area contributed by atoms with Crippen molar-refractivity contribution in [3.8, 4) is 0 Å². The fraction of sp³-hybridized carbons (Fsp3) is 0.292. The van der Waals surface area contributed by atoms with E-state index >= 15 is 0 Å². The third-order valence-corrected chi connectivity index (χ3v) is 6.42. The first-order chi connectivity index (χ1) is 14.4. The molecule has 1 spiro atoms. The molecule has 1 aliphatic carbocycles. The zero-order valence-corrected chi connectivity index (χ0v) is 17.0. The molecule has 1 fully saturated rings. The van der Waals surface area contributed by atoms with Crippen LogP contribution >= 0.6 is 0 Å². The van der Waals surface area contributed by atoms with Gasteiger partial charge < -0.3 is 9.73 Å². The van der Waals surface area contributed by atoms with Crippen LogP contribution in [0.3, 0.4) is 0 Å². The lowest BCUT2D eigenvalue weighted by Crippen LogP contribution is -2.46. The van der Waals surface area contributed by atoms with E-state index in [1.165, 1.54) is 11.0 Å². The summed E-state index contributed by atoms with van der Waals surface area (Å²) >= 11 is 0. The Balaban J connectivity index is 1.58. The van der Waals surface area contributed by atoms with Crippen LogP contribution in [0.15, 0.2) is 51.7 Å². The van der Waals surface area contributed by atoms with Gasteiger partial charge in [0, 0.05) is 11.5 Å². The van der Waals surface area contributed by atoms with Gasteiger partial charge in [0.05, 0.1) is 6.54 Å². The Bertz CT molecular complexity index is 1280. The summed E-state index contributed by atoms with van der Waals surface area (Å²) in [6.07, 6.45) is 2.29. The summed E-state index contributed by atoms with van der Waals surface area (Å²) < 4.78 is 5.35. The van der Waals surface area contributed by atoms with Crippen LogP contribution in [0.2, 0.25) is 0 Å². The van der Waals surface area contributed by atoms with Crippen LogP contribution < -0.4 is 10.9 Å². The van der Waals surface area contributed by atoms with Crippen LogP contribution in [0.1, 0.15) is 40.7 Å². The highest BCUT2D eigenvalue weighted by Gasteiger charge is 2.53. The standard InChI is InChI=1S/C24H22N2O4/c1-14-10-18-17(12-21(27)30-20(18)11-15(14)2)13-26-22(28)24(25-23(26)29)9-5-7-16-6-3-4-8-19(16)24/h3-4,6,8,10-12H,5,7,9,13H2,1-2H3,(H,25,29)/t24-/m0/s1. The largest absolute Gasteiger partial charge is 0.423 e. The first kappa shape index (κ1) is 18.6. The molecule has 2 aromatic carbocycles. The van der Waals surface area contributed by atoms with Crippen molar-refractivity contribution < 1.29 is 14.0 Å². The molecule has 5 rings (SSSR count). The van der Waals surface area contributed by atoms with E-state index in [1.807, 2.05) is 50.2 Å². The number of nitrogens with zero attached hydrogens (tertiary/aromatic N) is 1. The zero-order chi connectivity index (χ0) is 21.0. The summed E-state index contributed by atoms with van der Waals surface area (Å²) in [6, 6.07) is 12.5. The lowest BCUT2D eigenvalue weighted by atomic mass is 9.76. The number of hydrogen-bond donors (Lipinski definition) is 1. The maximum Gasteiger partial charge on any atom is 0.336 e. The molecule has 1 N–H and O–H groups in total. The Kier molecular flexibility index (Phi) is 4.07. The number of amides is 3. The quantitative estimate of drug-likeness (QED) is 0.524. The van der Waals surface area contributed by atoms with Crippen molar-refractivity contribution in [3.05, 3.63) is 80.7 Å². The molecule has 2 heterocycles. The normalized spacial score (nSPS) is 20.7. The van der Waals surface area contributed by atoms with Crippen molar-refractivity contribution in [1.29, 1.82) is 0 Å². The lowest BCUT2D eigenvalue weighted by Gasteiger charge is -2.33. The van der Waals surface area contributed by atoms with Gasteiger partial charge in [0.2, 0.25) is 0 Å². The highest BCUT2D eigenvalue weighted by atomic mass is 16.4. The minimum absolute atomic E-state index is 0.0270. The smallest absolute Gasteiger partial charge is 0.336 e. The summed E-state index contributed by atoms with van der Waals surface area (Å²) in [5.74, 6) is -0.259. The number of aryl methyl sites for hydroxylation is 3. The second-order valence-electron chi connectivity index (χ2n) is 8.26. The van der Waals surface area contributed by atoms with Gasteiger partial charge >= 0.3 is 11.7 Å². The van der Waals surface area contributed by atoms with Crippen molar-refractivity contribution in [2.24, 2.45) is 0 Å². The van der Waals surface area contributed by atoms with Crippen LogP contribution in [-0.2, 0) is 23.3 Å². The van der Waals surface area contributed by atoms with E-state index in [0.29, 0.717) is 17.6 Å². The third-order valence-electron chi connectivity index (χ3n) is 6.42. The second kappa shape index (κ2) is 6.55. The second-order valence-corrected chi connectivity index (χ2v) is 8.26. The molecule has 152 valence electrons. The van der Waals surface area contributed by atoms with Crippen LogP contribution in [-0.4, -0.2) is 16.8 Å². The molecular weight excluding hydrogens is 380 g/mol. The summed E-state index contributed by atoms with van der Waals surface area (Å²) in [5.41, 5.74) is 3.58. The summed E-state index contributed by atoms with van der Waals surface area (Å²) in [6.45, 7) is 3.95. The molecule has 1 aliphatic heterocycles. The third kappa shape index (κ3) is 2.67. The van der Waals surface area contributed by atoms with Gasteiger partial charge in [-0.25, -0.2) is 9.59 Å². The van der Waals surface area contributed by atoms with Gasteiger partial charge in [-0.1, -0.05) is 24.3 Å². The molecule has 1 aromatic heterocycles. The van der Waals surface area contributed by atoms with Gasteiger partial charge in [0.15, 0.2) is 0 Å². The number of urea groups is 1. The van der Waals surface area contributed by atoms with Gasteiger partial charge in [-0.3, -0.25) is 9.69 Å². The first-order valence-corrected chi connectivity index (χ1v) is 10.2. The Morgan fingerprint density at radius 1 is 1.07 bits per heavy atom. The molecule has 1 saturated heterocycles. The van der Waals surface area contributed by atoms with Gasteiger partial charge in [0.25, 0.3) is 5.91 Å². The minimum Gasteiger partial charge on any atom is -0.423 e. The molecule has 30 heavy (non-hydrogen) atoms. The molecule has 0 bridgehead atoms. The minimum atomic E-state index is -1.02. The number of nitrogens with one attached hydrogen (secondary N) is 1. The molecule has 0 unspecified atom stereocenters. The first-order valence-electron chi connectivity index (χ1n) is 10.2. The molecule has 3 amide bonds. The number of carbonyl (C=O) groups is 2. The van der Waals surface area contributed by atoms with E-state index in [0.717, 1.165) is 40.5 Å². The fourth-order valence-electron chi connectivity index (χ4n) is 4.74.